The lowest BCUT2D eigenvalue weighted by Gasteiger charge is -1.72. The van der Waals surface area contributed by atoms with E-state index in [-0.39, 0.29) is 0 Å². The number of hydrogen-bond donors (Lipinski definition) is 2. The smallest absolute Gasteiger partial charge is 0.0509 e. The minimum atomic E-state index is 0.685. The minimum Gasteiger partial charge on any atom is -0.411 e. The fourth-order valence-electron chi connectivity index (χ4n) is 0. The van der Waals surface area contributed by atoms with Gasteiger partial charge in [-0.2, -0.15) is 0 Å². The van der Waals surface area contributed by atoms with E-state index < -0.39 is 0 Å². The number of nitrogens with zero attached hydrogens (tertiary/aromatic N) is 2. The lowest BCUT2D eigenvalue weighted by molar-refractivity contribution is 0.318. The van der Waals surface area contributed by atoms with Crippen molar-refractivity contribution in [2.24, 2.45) is 10.3 Å². The molecule has 0 aromatic carbocycles. The molecule has 0 bridgehead atoms. The van der Waals surface area contributed by atoms with Gasteiger partial charge >= 0.3 is 0 Å². The highest BCUT2D eigenvalue weighted by Crippen LogP contribution is 1.62. The van der Waals surface area contributed by atoms with Crippen molar-refractivity contribution in [3.05, 3.63) is 0 Å². The second-order valence-electron chi connectivity index (χ2n) is 1.42. The molecule has 0 radical (unpaired) electrons. The van der Waals surface area contributed by atoms with E-state index in [1.54, 1.807) is 20.8 Å². The quantitative estimate of drug-likeness (QED) is 0.296. The zero-order chi connectivity index (χ0) is 7.70. The van der Waals surface area contributed by atoms with E-state index in [1.165, 1.54) is 6.21 Å². The molecular weight excluding hydrogens is 120 g/mol. The Balaban J connectivity index is 0. The summed E-state index contributed by atoms with van der Waals surface area (Å²) in [5.74, 6) is 0. The van der Waals surface area contributed by atoms with Crippen molar-refractivity contribution >= 4 is 11.9 Å². The highest BCUT2D eigenvalue weighted by Gasteiger charge is 1.65. The van der Waals surface area contributed by atoms with E-state index in [0.29, 0.717) is 5.71 Å². The monoisotopic (exact) mass is 132 g/mol. The van der Waals surface area contributed by atoms with E-state index in [9.17, 15) is 0 Å². The van der Waals surface area contributed by atoms with Crippen LogP contribution in [0.3, 0.4) is 0 Å². The first kappa shape index (κ1) is 10.8. The van der Waals surface area contributed by atoms with E-state index >= 15 is 0 Å². The summed E-state index contributed by atoms with van der Waals surface area (Å²) in [5.41, 5.74) is 0.685. The van der Waals surface area contributed by atoms with Crippen LogP contribution in [0.25, 0.3) is 0 Å². The van der Waals surface area contributed by atoms with Crippen molar-refractivity contribution in [3.8, 4) is 0 Å². The zero-order valence-corrected chi connectivity index (χ0v) is 5.87. The number of hydrogen-bond acceptors (Lipinski definition) is 4. The van der Waals surface area contributed by atoms with E-state index in [1.807, 2.05) is 0 Å². The number of oxime groups is 2. The predicted octanol–water partition coefficient (Wildman–Crippen LogP) is 1.32. The van der Waals surface area contributed by atoms with Crippen molar-refractivity contribution < 1.29 is 10.4 Å². The van der Waals surface area contributed by atoms with Gasteiger partial charge in [-0.05, 0) is 20.8 Å². The molecule has 0 unspecified atom stereocenters. The average molecular weight is 132 g/mol. The van der Waals surface area contributed by atoms with Gasteiger partial charge < -0.3 is 10.4 Å². The van der Waals surface area contributed by atoms with Crippen molar-refractivity contribution in [2.75, 3.05) is 0 Å². The van der Waals surface area contributed by atoms with E-state index in [4.69, 9.17) is 10.4 Å². The molecule has 9 heavy (non-hydrogen) atoms. The Hall–Kier alpha value is -1.06. The molecule has 0 aromatic heterocycles. The van der Waals surface area contributed by atoms with Crippen LogP contribution in [0.1, 0.15) is 20.8 Å². The first-order valence-corrected chi connectivity index (χ1v) is 2.46. The Morgan fingerprint density at radius 3 is 1.56 bits per heavy atom. The molecule has 54 valence electrons. The molecule has 0 heterocycles. The third-order valence-corrected chi connectivity index (χ3v) is 0.315. The van der Waals surface area contributed by atoms with Crippen LogP contribution in [0.2, 0.25) is 0 Å². The summed E-state index contributed by atoms with van der Waals surface area (Å²) in [6.07, 6.45) is 1.31. The fourth-order valence-corrected chi connectivity index (χ4v) is 0. The highest BCUT2D eigenvalue weighted by atomic mass is 16.4. The summed E-state index contributed by atoms with van der Waals surface area (Å²) in [4.78, 5) is 0. The molecule has 0 fully saturated rings. The molecule has 0 atom stereocenters. The average Bonchev–Trinajstić information content (AvgIpc) is 1.89. The van der Waals surface area contributed by atoms with Gasteiger partial charge in [0.15, 0.2) is 0 Å². The summed E-state index contributed by atoms with van der Waals surface area (Å²) in [6, 6.07) is 0. The Morgan fingerprint density at radius 1 is 1.33 bits per heavy atom. The summed E-state index contributed by atoms with van der Waals surface area (Å²) >= 11 is 0. The molecule has 0 saturated heterocycles. The third-order valence-electron chi connectivity index (χ3n) is 0.315. The van der Waals surface area contributed by atoms with Crippen LogP contribution in [-0.2, 0) is 0 Å². The molecule has 4 heteroatoms. The van der Waals surface area contributed by atoms with E-state index in [0.717, 1.165) is 0 Å². The maximum absolute atomic E-state index is 7.73. The van der Waals surface area contributed by atoms with Gasteiger partial charge in [-0.25, -0.2) is 0 Å². The SMILES string of the molecule is CC(C)=NO.CC=NO. The van der Waals surface area contributed by atoms with Crippen molar-refractivity contribution in [1.29, 1.82) is 0 Å². The standard InChI is InChI=1S/C3H7NO.C2H5NO/c1-3(2)4-5;1-2-3-4/h5H,1-2H3;2,4H,1H3. The van der Waals surface area contributed by atoms with Crippen LogP contribution >= 0.6 is 0 Å². The summed E-state index contributed by atoms with van der Waals surface area (Å²) in [6.45, 7) is 5.08. The predicted molar refractivity (Wildman–Crippen MR) is 36.5 cm³/mol. The van der Waals surface area contributed by atoms with Gasteiger partial charge in [0, 0.05) is 6.21 Å². The van der Waals surface area contributed by atoms with Gasteiger partial charge in [-0.15, -0.1) is 5.16 Å². The van der Waals surface area contributed by atoms with Crippen LogP contribution in [0.15, 0.2) is 10.3 Å². The molecule has 0 spiro atoms. The lowest BCUT2D eigenvalue weighted by Crippen LogP contribution is -1.74. The second kappa shape index (κ2) is 10.0. The molecule has 0 aromatic rings. The summed E-state index contributed by atoms with van der Waals surface area (Å²) < 4.78 is 0. The molecule has 0 rings (SSSR count). The molecule has 0 amide bonds. The van der Waals surface area contributed by atoms with Gasteiger partial charge in [-0.3, -0.25) is 0 Å². The van der Waals surface area contributed by atoms with Crippen LogP contribution < -0.4 is 0 Å². The van der Waals surface area contributed by atoms with Crippen LogP contribution in [-0.4, -0.2) is 22.3 Å². The van der Waals surface area contributed by atoms with Crippen LogP contribution in [0.5, 0.6) is 0 Å². The van der Waals surface area contributed by atoms with Crippen LogP contribution in [0.4, 0.5) is 0 Å². The topological polar surface area (TPSA) is 65.2 Å². The molecule has 2 N–H and O–H groups in total. The fraction of sp³-hybridized carbons (Fsp3) is 0.600. The Morgan fingerprint density at radius 2 is 1.56 bits per heavy atom. The Bertz CT molecular complexity index is 91.1. The summed E-state index contributed by atoms with van der Waals surface area (Å²) in [5, 5.41) is 20.6. The Kier molecular flexibility index (Phi) is 12.1. The normalized spacial score (nSPS) is 7.89. The third kappa shape index (κ3) is 45.0. The highest BCUT2D eigenvalue weighted by molar-refractivity contribution is 5.78. The maximum atomic E-state index is 7.73. The lowest BCUT2D eigenvalue weighted by atomic mass is 10.5. The van der Waals surface area contributed by atoms with Crippen molar-refractivity contribution in [1.82, 2.24) is 0 Å². The van der Waals surface area contributed by atoms with Crippen molar-refractivity contribution in [3.63, 3.8) is 0 Å². The molecule has 0 aliphatic heterocycles. The second-order valence-corrected chi connectivity index (χ2v) is 1.42. The molecule has 0 aliphatic carbocycles. The number of rotatable bonds is 0. The first-order chi connectivity index (χ1) is 4.18. The van der Waals surface area contributed by atoms with Gasteiger partial charge in [0.1, 0.15) is 0 Å². The van der Waals surface area contributed by atoms with Crippen molar-refractivity contribution in [2.45, 2.75) is 20.8 Å². The van der Waals surface area contributed by atoms with Gasteiger partial charge in [0.05, 0.1) is 5.71 Å². The van der Waals surface area contributed by atoms with Gasteiger partial charge in [0.25, 0.3) is 0 Å². The molecule has 0 saturated carbocycles. The molecular formula is C5H12N2O2. The van der Waals surface area contributed by atoms with Crippen LogP contribution in [0, 0.1) is 0 Å². The van der Waals surface area contributed by atoms with Gasteiger partial charge in [-0.1, -0.05) is 5.16 Å². The van der Waals surface area contributed by atoms with E-state index in [2.05, 4.69) is 10.3 Å². The molecule has 4 nitrogen and oxygen atoms in total. The zero-order valence-electron chi connectivity index (χ0n) is 5.87. The Labute approximate surface area is 54.5 Å². The first-order valence-electron chi connectivity index (χ1n) is 2.46. The largest absolute Gasteiger partial charge is 0.411 e. The summed E-state index contributed by atoms with van der Waals surface area (Å²) in [7, 11) is 0. The van der Waals surface area contributed by atoms with Gasteiger partial charge in [0.2, 0.25) is 0 Å². The molecule has 0 aliphatic rings. The maximum Gasteiger partial charge on any atom is 0.0509 e. The minimum absolute atomic E-state index is 0.685.